The molecule has 2 aromatic rings. The van der Waals surface area contributed by atoms with Crippen LogP contribution in [0.4, 0.5) is 0 Å². The number of nitrogens with zero attached hydrogens (tertiary/aromatic N) is 3. The van der Waals surface area contributed by atoms with Gasteiger partial charge in [0.25, 0.3) is 0 Å². The largest absolute Gasteiger partial charge is 0.353 e. The van der Waals surface area contributed by atoms with E-state index in [9.17, 15) is 4.79 Å². The van der Waals surface area contributed by atoms with E-state index in [1.807, 2.05) is 5.38 Å². The number of benzene rings is 1. The molecule has 1 aromatic carbocycles. The lowest BCUT2D eigenvalue weighted by Gasteiger charge is -2.32. The normalized spacial score (nSPS) is 23.4. The van der Waals surface area contributed by atoms with Crippen molar-refractivity contribution < 1.29 is 4.79 Å². The molecule has 2 heterocycles. The quantitative estimate of drug-likeness (QED) is 0.763. The van der Waals surface area contributed by atoms with Crippen LogP contribution in [0.1, 0.15) is 43.9 Å². The molecule has 1 amide bonds. The Hall–Kier alpha value is -1.76. The van der Waals surface area contributed by atoms with Crippen molar-refractivity contribution in [3.63, 3.8) is 0 Å². The van der Waals surface area contributed by atoms with Crippen molar-refractivity contribution in [2.24, 2.45) is 5.92 Å². The number of carbonyl (C=O) groups is 1. The Morgan fingerprint density at radius 2 is 2.00 bits per heavy atom. The Balaban J connectivity index is 1.34. The van der Waals surface area contributed by atoms with Crippen LogP contribution in [0.15, 0.2) is 29.6 Å². The average molecular weight is 427 g/mol. The number of likely N-dealkylation sites (N-methyl/N-ethyl adjacent to an activating group) is 1. The molecule has 2 fully saturated rings. The van der Waals surface area contributed by atoms with Crippen LogP contribution in [0.25, 0.3) is 10.6 Å². The van der Waals surface area contributed by atoms with Crippen molar-refractivity contribution >= 4 is 17.2 Å². The minimum atomic E-state index is 0.106. The first-order chi connectivity index (χ1) is 14.6. The van der Waals surface area contributed by atoms with Gasteiger partial charge in [0.2, 0.25) is 5.91 Å². The van der Waals surface area contributed by atoms with Crippen LogP contribution < -0.4 is 5.32 Å². The van der Waals surface area contributed by atoms with E-state index in [1.54, 1.807) is 11.3 Å². The molecule has 2 atom stereocenters. The average Bonchev–Trinajstić information content (AvgIpc) is 3.20. The smallest absolute Gasteiger partial charge is 0.226 e. The summed E-state index contributed by atoms with van der Waals surface area (Å²) in [6.45, 7) is 7.75. The summed E-state index contributed by atoms with van der Waals surface area (Å²) in [6, 6.07) is 9.04. The van der Waals surface area contributed by atoms with E-state index in [1.165, 1.54) is 24.8 Å². The van der Waals surface area contributed by atoms with Crippen molar-refractivity contribution in [3.8, 4) is 10.6 Å². The maximum absolute atomic E-state index is 12.5. The highest BCUT2D eigenvalue weighted by Crippen LogP contribution is 2.26. The molecule has 1 aliphatic heterocycles. The maximum atomic E-state index is 12.5. The second-order valence-corrected chi connectivity index (χ2v) is 9.89. The van der Waals surface area contributed by atoms with Gasteiger partial charge < -0.3 is 10.2 Å². The SMILES string of the molecule is CC1CCCCC1NC(=O)Cc1csc(-c2cccc(CN3CCN(C)CC3)c2)n1. The fraction of sp³-hybridized carbons (Fsp3) is 0.583. The summed E-state index contributed by atoms with van der Waals surface area (Å²) in [7, 11) is 2.19. The van der Waals surface area contributed by atoms with Crippen molar-refractivity contribution in [1.82, 2.24) is 20.1 Å². The monoisotopic (exact) mass is 426 g/mol. The number of rotatable bonds is 6. The third-order valence-corrected chi connectivity index (χ3v) is 7.47. The third-order valence-electron chi connectivity index (χ3n) is 6.53. The van der Waals surface area contributed by atoms with Crippen LogP contribution in [0, 0.1) is 5.92 Å². The number of thiazole rings is 1. The third kappa shape index (κ3) is 5.68. The molecule has 0 radical (unpaired) electrons. The van der Waals surface area contributed by atoms with E-state index in [-0.39, 0.29) is 5.91 Å². The van der Waals surface area contributed by atoms with Gasteiger partial charge in [-0.05, 0) is 37.4 Å². The summed E-state index contributed by atoms with van der Waals surface area (Å²) < 4.78 is 0. The van der Waals surface area contributed by atoms with E-state index >= 15 is 0 Å². The Bertz CT molecular complexity index is 843. The van der Waals surface area contributed by atoms with Gasteiger partial charge in [-0.2, -0.15) is 0 Å². The highest BCUT2D eigenvalue weighted by atomic mass is 32.1. The van der Waals surface area contributed by atoms with E-state index in [2.05, 4.69) is 53.4 Å². The number of amides is 1. The molecule has 1 aliphatic carbocycles. The zero-order chi connectivity index (χ0) is 20.9. The van der Waals surface area contributed by atoms with Crippen LogP contribution >= 0.6 is 11.3 Å². The Kier molecular flexibility index (Phi) is 7.18. The molecule has 1 aromatic heterocycles. The summed E-state index contributed by atoms with van der Waals surface area (Å²) in [4.78, 5) is 22.2. The van der Waals surface area contributed by atoms with Gasteiger partial charge in [-0.15, -0.1) is 11.3 Å². The first-order valence-electron chi connectivity index (χ1n) is 11.3. The Morgan fingerprint density at radius 1 is 1.20 bits per heavy atom. The van der Waals surface area contributed by atoms with E-state index in [4.69, 9.17) is 4.98 Å². The predicted molar refractivity (Wildman–Crippen MR) is 124 cm³/mol. The predicted octanol–water partition coefficient (Wildman–Crippen LogP) is 3.79. The van der Waals surface area contributed by atoms with Crippen LogP contribution in [0.5, 0.6) is 0 Å². The maximum Gasteiger partial charge on any atom is 0.226 e. The summed E-state index contributed by atoms with van der Waals surface area (Å²) in [6.07, 6.45) is 5.21. The molecule has 162 valence electrons. The number of carbonyl (C=O) groups excluding carboxylic acids is 1. The van der Waals surface area contributed by atoms with Crippen molar-refractivity contribution in [2.45, 2.75) is 51.6 Å². The first-order valence-corrected chi connectivity index (χ1v) is 12.2. The molecular weight excluding hydrogens is 392 g/mol. The molecular formula is C24H34N4OS. The molecule has 0 spiro atoms. The molecule has 5 nitrogen and oxygen atoms in total. The summed E-state index contributed by atoms with van der Waals surface area (Å²) in [5.74, 6) is 0.686. The van der Waals surface area contributed by atoms with Crippen LogP contribution in [0.3, 0.4) is 0 Å². The van der Waals surface area contributed by atoms with Gasteiger partial charge in [0.05, 0.1) is 12.1 Å². The molecule has 0 bridgehead atoms. The molecule has 1 saturated carbocycles. The minimum Gasteiger partial charge on any atom is -0.353 e. The number of nitrogens with one attached hydrogen (secondary N) is 1. The van der Waals surface area contributed by atoms with Gasteiger partial charge in [-0.25, -0.2) is 4.98 Å². The lowest BCUT2D eigenvalue weighted by atomic mass is 9.86. The second kappa shape index (κ2) is 10.0. The number of hydrogen-bond donors (Lipinski definition) is 1. The van der Waals surface area contributed by atoms with E-state index in [0.29, 0.717) is 18.4 Å². The molecule has 30 heavy (non-hydrogen) atoms. The first kappa shape index (κ1) is 21.5. The molecule has 6 heteroatoms. The van der Waals surface area contributed by atoms with Crippen LogP contribution in [-0.2, 0) is 17.8 Å². The summed E-state index contributed by atoms with van der Waals surface area (Å²) in [5.41, 5.74) is 3.36. The zero-order valence-electron chi connectivity index (χ0n) is 18.3. The lowest BCUT2D eigenvalue weighted by molar-refractivity contribution is -0.121. The van der Waals surface area contributed by atoms with Gasteiger partial charge in [0, 0.05) is 49.7 Å². The van der Waals surface area contributed by atoms with Crippen LogP contribution in [0.2, 0.25) is 0 Å². The molecule has 4 rings (SSSR count). The van der Waals surface area contributed by atoms with E-state index < -0.39 is 0 Å². The zero-order valence-corrected chi connectivity index (χ0v) is 19.1. The Morgan fingerprint density at radius 3 is 2.80 bits per heavy atom. The number of piperazine rings is 1. The second-order valence-electron chi connectivity index (χ2n) is 9.04. The summed E-state index contributed by atoms with van der Waals surface area (Å²) in [5, 5.41) is 6.28. The lowest BCUT2D eigenvalue weighted by Crippen LogP contribution is -2.43. The van der Waals surface area contributed by atoms with Gasteiger partial charge in [-0.1, -0.05) is 38.0 Å². The van der Waals surface area contributed by atoms with Gasteiger partial charge in [0.1, 0.15) is 5.01 Å². The standard InChI is InChI=1S/C24H34N4OS/c1-18-6-3-4-9-22(18)26-23(29)15-21-17-30-24(25-21)20-8-5-7-19(14-20)16-28-12-10-27(2)11-13-28/h5,7-8,14,17-18,22H,3-4,6,9-13,15-16H2,1-2H3,(H,26,29). The fourth-order valence-corrected chi connectivity index (χ4v) is 5.36. The fourth-order valence-electron chi connectivity index (χ4n) is 4.54. The van der Waals surface area contributed by atoms with Crippen molar-refractivity contribution in [1.29, 1.82) is 0 Å². The van der Waals surface area contributed by atoms with Gasteiger partial charge in [0.15, 0.2) is 0 Å². The van der Waals surface area contributed by atoms with Crippen molar-refractivity contribution in [3.05, 3.63) is 40.9 Å². The van der Waals surface area contributed by atoms with Crippen molar-refractivity contribution in [2.75, 3.05) is 33.2 Å². The minimum absolute atomic E-state index is 0.106. The van der Waals surface area contributed by atoms with Gasteiger partial charge >= 0.3 is 0 Å². The molecule has 2 unspecified atom stereocenters. The highest BCUT2D eigenvalue weighted by Gasteiger charge is 2.23. The topological polar surface area (TPSA) is 48.5 Å². The summed E-state index contributed by atoms with van der Waals surface area (Å²) >= 11 is 1.63. The Labute approximate surface area is 184 Å². The molecule has 1 saturated heterocycles. The van der Waals surface area contributed by atoms with Gasteiger partial charge in [-0.3, -0.25) is 9.69 Å². The van der Waals surface area contributed by atoms with E-state index in [0.717, 1.165) is 55.4 Å². The van der Waals surface area contributed by atoms with Crippen LogP contribution in [-0.4, -0.2) is 60.0 Å². The number of aromatic nitrogens is 1. The number of hydrogen-bond acceptors (Lipinski definition) is 5. The molecule has 2 aliphatic rings. The molecule has 1 N–H and O–H groups in total. The highest BCUT2D eigenvalue weighted by molar-refractivity contribution is 7.13.